The fourth-order valence-electron chi connectivity index (χ4n) is 2.69. The van der Waals surface area contributed by atoms with Crippen molar-refractivity contribution in [1.29, 1.82) is 5.26 Å². The highest BCUT2D eigenvalue weighted by Gasteiger charge is 2.22. The van der Waals surface area contributed by atoms with Gasteiger partial charge in [-0.15, -0.1) is 0 Å². The maximum atomic E-state index is 9.20. The average Bonchev–Trinajstić information content (AvgIpc) is 2.64. The summed E-state index contributed by atoms with van der Waals surface area (Å²) in [5, 5.41) is 17.1. The number of rotatable bonds is 4. The fourth-order valence-corrected chi connectivity index (χ4v) is 2.69. The van der Waals surface area contributed by atoms with Crippen molar-refractivity contribution >= 4 is 0 Å². The highest BCUT2D eigenvalue weighted by atomic mass is 15.2. The Bertz CT molecular complexity index is 404. The molecule has 0 bridgehead atoms. The summed E-state index contributed by atoms with van der Waals surface area (Å²) in [6.45, 7) is 0.917. The normalized spacial score (nSPS) is 24.4. The van der Waals surface area contributed by atoms with Crippen molar-refractivity contribution in [2.24, 2.45) is 13.0 Å². The predicted molar refractivity (Wildman–Crippen MR) is 70.9 cm³/mol. The molecule has 0 radical (unpaired) electrons. The van der Waals surface area contributed by atoms with Crippen LogP contribution in [0.2, 0.25) is 0 Å². The Kier molecular flexibility index (Phi) is 4.77. The summed E-state index contributed by atoms with van der Waals surface area (Å²) < 4.78 is 1.83. The van der Waals surface area contributed by atoms with E-state index >= 15 is 0 Å². The SMILES string of the molecule is Cn1ccc(CCNC2CCCCCC2C#N)n1. The Morgan fingerprint density at radius 3 is 3.00 bits per heavy atom. The smallest absolute Gasteiger partial charge is 0.0672 e. The molecule has 0 aromatic carbocycles. The zero-order valence-corrected chi connectivity index (χ0v) is 11.1. The highest BCUT2D eigenvalue weighted by molar-refractivity contribution is 5.00. The molecule has 1 N–H and O–H groups in total. The molecule has 2 unspecified atom stereocenters. The number of aromatic nitrogens is 2. The summed E-state index contributed by atoms with van der Waals surface area (Å²) in [6, 6.07) is 4.89. The number of aryl methyl sites for hydroxylation is 1. The average molecular weight is 246 g/mol. The van der Waals surface area contributed by atoms with E-state index in [1.165, 1.54) is 19.3 Å². The highest BCUT2D eigenvalue weighted by Crippen LogP contribution is 2.22. The van der Waals surface area contributed by atoms with Crippen molar-refractivity contribution in [2.75, 3.05) is 6.54 Å². The van der Waals surface area contributed by atoms with Crippen LogP contribution in [0.3, 0.4) is 0 Å². The maximum Gasteiger partial charge on any atom is 0.0672 e. The molecule has 0 aliphatic heterocycles. The molecule has 2 rings (SSSR count). The van der Waals surface area contributed by atoms with Crippen molar-refractivity contribution in [3.05, 3.63) is 18.0 Å². The van der Waals surface area contributed by atoms with E-state index < -0.39 is 0 Å². The number of nitriles is 1. The Morgan fingerprint density at radius 2 is 2.28 bits per heavy atom. The molecule has 1 aromatic heterocycles. The first-order valence-electron chi connectivity index (χ1n) is 6.91. The van der Waals surface area contributed by atoms with E-state index in [9.17, 15) is 5.26 Å². The summed E-state index contributed by atoms with van der Waals surface area (Å²) in [4.78, 5) is 0. The van der Waals surface area contributed by atoms with Crippen LogP contribution in [0.4, 0.5) is 0 Å². The van der Waals surface area contributed by atoms with E-state index in [4.69, 9.17) is 0 Å². The quantitative estimate of drug-likeness (QED) is 0.827. The minimum Gasteiger partial charge on any atom is -0.312 e. The number of nitrogens with one attached hydrogen (secondary N) is 1. The van der Waals surface area contributed by atoms with Crippen LogP contribution in [-0.4, -0.2) is 22.4 Å². The van der Waals surface area contributed by atoms with Crippen molar-refractivity contribution in [2.45, 2.75) is 44.6 Å². The van der Waals surface area contributed by atoms with E-state index in [0.717, 1.165) is 31.5 Å². The first-order chi connectivity index (χ1) is 8.79. The van der Waals surface area contributed by atoms with Crippen LogP contribution in [0, 0.1) is 17.2 Å². The van der Waals surface area contributed by atoms with Crippen LogP contribution in [0.1, 0.15) is 37.8 Å². The lowest BCUT2D eigenvalue weighted by Gasteiger charge is -2.20. The van der Waals surface area contributed by atoms with Crippen LogP contribution in [0.5, 0.6) is 0 Å². The lowest BCUT2D eigenvalue weighted by Crippen LogP contribution is -2.36. The second-order valence-corrected chi connectivity index (χ2v) is 5.16. The predicted octanol–water partition coefficient (Wildman–Crippen LogP) is 2.02. The standard InChI is InChI=1S/C14H22N4/c1-18-10-8-13(17-18)7-9-16-14-6-4-2-3-5-12(14)11-15/h8,10,12,14,16H,2-7,9H2,1H3. The molecule has 0 amide bonds. The number of hydrogen-bond donors (Lipinski definition) is 1. The van der Waals surface area contributed by atoms with E-state index in [1.54, 1.807) is 0 Å². The minimum atomic E-state index is 0.191. The third kappa shape index (κ3) is 3.58. The minimum absolute atomic E-state index is 0.191. The Balaban J connectivity index is 1.79. The van der Waals surface area contributed by atoms with Gasteiger partial charge in [0, 0.05) is 32.3 Å². The molecule has 4 nitrogen and oxygen atoms in total. The van der Waals surface area contributed by atoms with Gasteiger partial charge in [0.25, 0.3) is 0 Å². The van der Waals surface area contributed by atoms with E-state index in [-0.39, 0.29) is 5.92 Å². The molecule has 18 heavy (non-hydrogen) atoms. The van der Waals surface area contributed by atoms with Crippen LogP contribution >= 0.6 is 0 Å². The van der Waals surface area contributed by atoms with Gasteiger partial charge in [0.2, 0.25) is 0 Å². The second kappa shape index (κ2) is 6.55. The van der Waals surface area contributed by atoms with Gasteiger partial charge in [0.15, 0.2) is 0 Å². The molecule has 98 valence electrons. The van der Waals surface area contributed by atoms with Crippen LogP contribution in [-0.2, 0) is 13.5 Å². The van der Waals surface area contributed by atoms with Gasteiger partial charge in [0.05, 0.1) is 17.7 Å². The molecule has 1 heterocycles. The first-order valence-corrected chi connectivity index (χ1v) is 6.91. The molecule has 0 saturated heterocycles. The van der Waals surface area contributed by atoms with Crippen molar-refractivity contribution in [3.8, 4) is 6.07 Å². The van der Waals surface area contributed by atoms with Crippen molar-refractivity contribution in [3.63, 3.8) is 0 Å². The van der Waals surface area contributed by atoms with Gasteiger partial charge in [-0.1, -0.05) is 19.3 Å². The molecule has 1 aromatic rings. The molecule has 2 atom stereocenters. The van der Waals surface area contributed by atoms with E-state index in [1.807, 2.05) is 17.9 Å². The number of nitrogens with zero attached hydrogens (tertiary/aromatic N) is 3. The molecular formula is C14H22N4. The topological polar surface area (TPSA) is 53.6 Å². The van der Waals surface area contributed by atoms with E-state index in [2.05, 4.69) is 22.6 Å². The Hall–Kier alpha value is -1.34. The third-order valence-corrected chi connectivity index (χ3v) is 3.74. The van der Waals surface area contributed by atoms with Crippen molar-refractivity contribution < 1.29 is 0 Å². The summed E-state index contributed by atoms with van der Waals surface area (Å²) in [7, 11) is 1.94. The molecule has 1 aliphatic rings. The molecule has 0 spiro atoms. The lowest BCUT2D eigenvalue weighted by atomic mass is 9.96. The summed E-state index contributed by atoms with van der Waals surface area (Å²) in [5.74, 6) is 0.191. The first kappa shape index (κ1) is 13.1. The van der Waals surface area contributed by atoms with Gasteiger partial charge >= 0.3 is 0 Å². The Labute approximate surface area is 109 Å². The van der Waals surface area contributed by atoms with Crippen LogP contribution in [0.25, 0.3) is 0 Å². The van der Waals surface area contributed by atoms with Gasteiger partial charge in [-0.25, -0.2) is 0 Å². The fraction of sp³-hybridized carbons (Fsp3) is 0.714. The van der Waals surface area contributed by atoms with Gasteiger partial charge in [-0.3, -0.25) is 4.68 Å². The zero-order valence-electron chi connectivity index (χ0n) is 11.1. The van der Waals surface area contributed by atoms with Crippen molar-refractivity contribution in [1.82, 2.24) is 15.1 Å². The summed E-state index contributed by atoms with van der Waals surface area (Å²) in [5.41, 5.74) is 1.12. The third-order valence-electron chi connectivity index (χ3n) is 3.74. The zero-order chi connectivity index (χ0) is 12.8. The maximum absolute atomic E-state index is 9.20. The van der Waals surface area contributed by atoms with E-state index in [0.29, 0.717) is 6.04 Å². The largest absolute Gasteiger partial charge is 0.312 e. The van der Waals surface area contributed by atoms with Gasteiger partial charge < -0.3 is 5.32 Å². The molecule has 1 fully saturated rings. The molecule has 4 heteroatoms. The Morgan fingerprint density at radius 1 is 1.44 bits per heavy atom. The van der Waals surface area contributed by atoms with Gasteiger partial charge in [0.1, 0.15) is 0 Å². The van der Waals surface area contributed by atoms with Gasteiger partial charge in [-0.2, -0.15) is 10.4 Å². The van der Waals surface area contributed by atoms with Crippen LogP contribution < -0.4 is 5.32 Å². The molecule has 1 saturated carbocycles. The summed E-state index contributed by atoms with van der Waals surface area (Å²) in [6.07, 6.45) is 8.83. The van der Waals surface area contributed by atoms with Crippen LogP contribution in [0.15, 0.2) is 12.3 Å². The summed E-state index contributed by atoms with van der Waals surface area (Å²) >= 11 is 0. The second-order valence-electron chi connectivity index (χ2n) is 5.16. The monoisotopic (exact) mass is 246 g/mol. The lowest BCUT2D eigenvalue weighted by molar-refractivity contribution is 0.396. The molecule has 1 aliphatic carbocycles. The number of hydrogen-bond acceptors (Lipinski definition) is 3. The van der Waals surface area contributed by atoms with Gasteiger partial charge in [-0.05, 0) is 18.9 Å². The molecular weight excluding hydrogens is 224 g/mol.